The molecule has 0 bridgehead atoms. The quantitative estimate of drug-likeness (QED) is 0.714. The molecule has 0 atom stereocenters. The number of hydrogen-bond donors (Lipinski definition) is 1. The summed E-state index contributed by atoms with van der Waals surface area (Å²) in [6, 6.07) is 8.96. The number of halogens is 3. The normalized spacial score (nSPS) is 11.1. The Labute approximate surface area is 110 Å². The number of aromatic nitrogens is 2. The van der Waals surface area contributed by atoms with Gasteiger partial charge in [0.1, 0.15) is 17.5 Å². The molecule has 3 aromatic rings. The molecule has 0 unspecified atom stereocenters. The van der Waals surface area contributed by atoms with Crippen LogP contribution < -0.4 is 0 Å². The molecular formula is C13H7BrF2N2. The molecule has 2 nitrogen and oxygen atoms in total. The lowest BCUT2D eigenvalue weighted by molar-refractivity contribution is 0.585. The average Bonchev–Trinajstić information content (AvgIpc) is 2.71. The lowest BCUT2D eigenvalue weighted by atomic mass is 10.2. The molecule has 1 N–H and O–H groups in total. The predicted octanol–water partition coefficient (Wildman–Crippen LogP) is 4.27. The summed E-state index contributed by atoms with van der Waals surface area (Å²) >= 11 is 3.35. The van der Waals surface area contributed by atoms with E-state index in [1.807, 2.05) is 18.2 Å². The SMILES string of the molecule is Fc1ccc(-c2nc3ccc(Br)cc3[nH]2)c(F)c1. The van der Waals surface area contributed by atoms with Crippen LogP contribution in [0.25, 0.3) is 22.4 Å². The van der Waals surface area contributed by atoms with Crippen molar-refractivity contribution in [2.45, 2.75) is 0 Å². The van der Waals surface area contributed by atoms with Crippen molar-refractivity contribution in [1.29, 1.82) is 0 Å². The Hall–Kier alpha value is -1.75. The Morgan fingerprint density at radius 2 is 1.89 bits per heavy atom. The maximum Gasteiger partial charge on any atom is 0.141 e. The van der Waals surface area contributed by atoms with Crippen LogP contribution in [0.15, 0.2) is 40.9 Å². The number of fused-ring (bicyclic) bond motifs is 1. The molecule has 0 saturated carbocycles. The Morgan fingerprint density at radius 3 is 2.67 bits per heavy atom. The first kappa shape index (κ1) is 11.3. The van der Waals surface area contributed by atoms with Crippen LogP contribution in [0, 0.1) is 11.6 Å². The van der Waals surface area contributed by atoms with Crippen molar-refractivity contribution in [2.75, 3.05) is 0 Å². The van der Waals surface area contributed by atoms with E-state index in [2.05, 4.69) is 25.9 Å². The number of rotatable bonds is 1. The Kier molecular flexibility index (Phi) is 2.63. The van der Waals surface area contributed by atoms with Gasteiger partial charge in [0.2, 0.25) is 0 Å². The van der Waals surface area contributed by atoms with E-state index in [9.17, 15) is 8.78 Å². The zero-order chi connectivity index (χ0) is 12.7. The van der Waals surface area contributed by atoms with Gasteiger partial charge < -0.3 is 4.98 Å². The zero-order valence-corrected chi connectivity index (χ0v) is 10.6. The zero-order valence-electron chi connectivity index (χ0n) is 9.05. The summed E-state index contributed by atoms with van der Waals surface area (Å²) in [7, 11) is 0. The third kappa shape index (κ3) is 1.90. The second kappa shape index (κ2) is 4.17. The number of nitrogens with one attached hydrogen (secondary N) is 1. The molecule has 0 fully saturated rings. The lowest BCUT2D eigenvalue weighted by Crippen LogP contribution is -1.87. The van der Waals surface area contributed by atoms with Crippen LogP contribution in [0.3, 0.4) is 0 Å². The highest BCUT2D eigenvalue weighted by Gasteiger charge is 2.10. The highest BCUT2D eigenvalue weighted by atomic mass is 79.9. The van der Waals surface area contributed by atoms with Crippen molar-refractivity contribution < 1.29 is 8.78 Å². The lowest BCUT2D eigenvalue weighted by Gasteiger charge is -1.98. The average molecular weight is 309 g/mol. The molecule has 0 aliphatic heterocycles. The van der Waals surface area contributed by atoms with E-state index in [0.29, 0.717) is 5.82 Å². The second-order valence-electron chi connectivity index (χ2n) is 3.87. The Bertz CT molecular complexity index is 737. The number of imidazole rings is 1. The number of H-pyrrole nitrogens is 1. The van der Waals surface area contributed by atoms with E-state index >= 15 is 0 Å². The van der Waals surface area contributed by atoms with Crippen LogP contribution in [-0.4, -0.2) is 9.97 Å². The van der Waals surface area contributed by atoms with Crippen LogP contribution in [0.5, 0.6) is 0 Å². The van der Waals surface area contributed by atoms with Crippen LogP contribution >= 0.6 is 15.9 Å². The van der Waals surface area contributed by atoms with Gasteiger partial charge in [-0.1, -0.05) is 15.9 Å². The maximum atomic E-state index is 13.6. The van der Waals surface area contributed by atoms with Gasteiger partial charge in [-0.2, -0.15) is 0 Å². The Balaban J connectivity index is 2.19. The van der Waals surface area contributed by atoms with Gasteiger partial charge >= 0.3 is 0 Å². The molecule has 0 aliphatic rings. The molecule has 3 rings (SSSR count). The molecule has 0 spiro atoms. The minimum absolute atomic E-state index is 0.253. The van der Waals surface area contributed by atoms with Gasteiger partial charge in [0.25, 0.3) is 0 Å². The van der Waals surface area contributed by atoms with E-state index in [1.54, 1.807) is 0 Å². The standard InChI is InChI=1S/C13H7BrF2N2/c14-7-1-4-11-12(5-7)18-13(17-11)9-3-2-8(15)6-10(9)16/h1-6H,(H,17,18). The minimum atomic E-state index is -0.631. The summed E-state index contributed by atoms with van der Waals surface area (Å²) in [6.45, 7) is 0. The van der Waals surface area contributed by atoms with E-state index < -0.39 is 11.6 Å². The summed E-state index contributed by atoms with van der Waals surface area (Å²) in [5.74, 6) is -0.844. The van der Waals surface area contributed by atoms with E-state index in [4.69, 9.17) is 0 Å². The van der Waals surface area contributed by atoms with Crippen molar-refractivity contribution in [1.82, 2.24) is 9.97 Å². The van der Waals surface area contributed by atoms with Gasteiger partial charge in [-0.15, -0.1) is 0 Å². The highest BCUT2D eigenvalue weighted by Crippen LogP contribution is 2.25. The third-order valence-electron chi connectivity index (χ3n) is 2.63. The summed E-state index contributed by atoms with van der Waals surface area (Å²) < 4.78 is 27.4. The highest BCUT2D eigenvalue weighted by molar-refractivity contribution is 9.10. The summed E-state index contributed by atoms with van der Waals surface area (Å²) in [6.07, 6.45) is 0. The van der Waals surface area contributed by atoms with Crippen LogP contribution in [0.2, 0.25) is 0 Å². The monoisotopic (exact) mass is 308 g/mol. The fourth-order valence-corrected chi connectivity index (χ4v) is 2.15. The van der Waals surface area contributed by atoms with E-state index in [0.717, 1.165) is 21.6 Å². The van der Waals surface area contributed by atoms with Gasteiger partial charge in [0.15, 0.2) is 0 Å². The fraction of sp³-hybridized carbons (Fsp3) is 0. The van der Waals surface area contributed by atoms with Crippen molar-refractivity contribution in [3.63, 3.8) is 0 Å². The summed E-state index contributed by atoms with van der Waals surface area (Å²) in [5.41, 5.74) is 1.78. The minimum Gasteiger partial charge on any atom is -0.338 e. The van der Waals surface area contributed by atoms with Crippen molar-refractivity contribution in [3.05, 3.63) is 52.5 Å². The number of benzene rings is 2. The molecule has 1 heterocycles. The molecule has 0 amide bonds. The molecule has 0 radical (unpaired) electrons. The van der Waals surface area contributed by atoms with E-state index in [-0.39, 0.29) is 5.56 Å². The molecular weight excluding hydrogens is 302 g/mol. The first-order chi connectivity index (χ1) is 8.63. The number of nitrogens with zero attached hydrogens (tertiary/aromatic N) is 1. The molecule has 0 saturated heterocycles. The van der Waals surface area contributed by atoms with E-state index in [1.165, 1.54) is 12.1 Å². The molecule has 18 heavy (non-hydrogen) atoms. The van der Waals surface area contributed by atoms with Gasteiger partial charge in [-0.25, -0.2) is 13.8 Å². The first-order valence-electron chi connectivity index (χ1n) is 5.24. The summed E-state index contributed by atoms with van der Waals surface area (Å²) in [4.78, 5) is 7.29. The van der Waals surface area contributed by atoms with Gasteiger partial charge in [0.05, 0.1) is 16.6 Å². The van der Waals surface area contributed by atoms with Gasteiger partial charge in [-0.05, 0) is 30.3 Å². The van der Waals surface area contributed by atoms with Crippen molar-refractivity contribution >= 4 is 27.0 Å². The van der Waals surface area contributed by atoms with Crippen LogP contribution in [0.4, 0.5) is 8.78 Å². The van der Waals surface area contributed by atoms with Crippen molar-refractivity contribution in [2.24, 2.45) is 0 Å². The molecule has 90 valence electrons. The van der Waals surface area contributed by atoms with Gasteiger partial charge in [0, 0.05) is 10.5 Å². The second-order valence-corrected chi connectivity index (χ2v) is 4.79. The number of hydrogen-bond acceptors (Lipinski definition) is 1. The largest absolute Gasteiger partial charge is 0.338 e. The molecule has 5 heteroatoms. The summed E-state index contributed by atoms with van der Waals surface area (Å²) in [5, 5.41) is 0. The van der Waals surface area contributed by atoms with Crippen molar-refractivity contribution in [3.8, 4) is 11.4 Å². The topological polar surface area (TPSA) is 28.7 Å². The third-order valence-corrected chi connectivity index (χ3v) is 3.12. The van der Waals surface area contributed by atoms with Crippen LogP contribution in [-0.2, 0) is 0 Å². The predicted molar refractivity (Wildman–Crippen MR) is 69.1 cm³/mol. The first-order valence-corrected chi connectivity index (χ1v) is 6.03. The van der Waals surface area contributed by atoms with Gasteiger partial charge in [-0.3, -0.25) is 0 Å². The smallest absolute Gasteiger partial charge is 0.141 e. The molecule has 1 aromatic heterocycles. The number of aromatic amines is 1. The Morgan fingerprint density at radius 1 is 1.06 bits per heavy atom. The maximum absolute atomic E-state index is 13.6. The van der Waals surface area contributed by atoms with Crippen LogP contribution in [0.1, 0.15) is 0 Å². The fourth-order valence-electron chi connectivity index (χ4n) is 1.79. The molecule has 2 aromatic carbocycles. The molecule has 0 aliphatic carbocycles.